The fourth-order valence-electron chi connectivity index (χ4n) is 2.87. The molecule has 1 fully saturated rings. The van der Waals surface area contributed by atoms with Gasteiger partial charge in [0.15, 0.2) is 0 Å². The minimum Gasteiger partial charge on any atom is -0.459 e. The van der Waals surface area contributed by atoms with E-state index in [-0.39, 0.29) is 24.2 Å². The van der Waals surface area contributed by atoms with Crippen LogP contribution in [0.3, 0.4) is 0 Å². The maximum atomic E-state index is 12.9. The first kappa shape index (κ1) is 17.5. The Labute approximate surface area is 137 Å². The van der Waals surface area contributed by atoms with Gasteiger partial charge >= 0.3 is 5.97 Å². The van der Waals surface area contributed by atoms with Crippen LogP contribution in [-0.2, 0) is 9.47 Å². The Kier molecular flexibility index (Phi) is 5.14. The number of carbonyl (C=O) groups excluding carboxylic acids is 2. The van der Waals surface area contributed by atoms with E-state index in [2.05, 4.69) is 4.98 Å². The van der Waals surface area contributed by atoms with E-state index < -0.39 is 5.97 Å². The molecule has 0 aliphatic carbocycles. The fraction of sp³-hybridized carbons (Fsp3) is 0.647. The van der Waals surface area contributed by atoms with Crippen molar-refractivity contribution in [1.29, 1.82) is 0 Å². The Hall–Kier alpha value is -1.82. The number of aromatic amines is 1. The van der Waals surface area contributed by atoms with E-state index in [4.69, 9.17) is 9.47 Å². The Morgan fingerprint density at radius 2 is 1.96 bits per heavy atom. The zero-order valence-corrected chi connectivity index (χ0v) is 14.7. The number of aryl methyl sites for hydroxylation is 1. The summed E-state index contributed by atoms with van der Waals surface area (Å²) in [7, 11) is 0. The van der Waals surface area contributed by atoms with Crippen LogP contribution in [0.5, 0.6) is 0 Å². The molecule has 0 saturated carbocycles. The third kappa shape index (κ3) is 3.58. The molecule has 2 heterocycles. The molecule has 6 heteroatoms. The lowest BCUT2D eigenvalue weighted by molar-refractivity contribution is -0.0389. The van der Waals surface area contributed by atoms with Crippen LogP contribution in [0.2, 0.25) is 0 Å². The van der Waals surface area contributed by atoms with Crippen LogP contribution < -0.4 is 0 Å². The van der Waals surface area contributed by atoms with Gasteiger partial charge in [-0.3, -0.25) is 4.79 Å². The lowest BCUT2D eigenvalue weighted by Crippen LogP contribution is -2.50. The standard InChI is InChI=1S/C17H26N2O4/c1-9(2)23-17(21)14-12(5)15(18-13(14)6)16(20)19-7-11(4)22-8-10(19)3/h9-11,18H,7-8H2,1-6H3. The minimum absolute atomic E-state index is 0.00720. The number of H-pyrrole nitrogens is 1. The summed E-state index contributed by atoms with van der Waals surface area (Å²) in [4.78, 5) is 30.0. The summed E-state index contributed by atoms with van der Waals surface area (Å²) in [6.45, 7) is 12.1. The molecule has 1 N–H and O–H groups in total. The Morgan fingerprint density at radius 1 is 1.30 bits per heavy atom. The van der Waals surface area contributed by atoms with Gasteiger partial charge in [0.2, 0.25) is 0 Å². The van der Waals surface area contributed by atoms with E-state index in [1.165, 1.54) is 0 Å². The molecule has 2 unspecified atom stereocenters. The van der Waals surface area contributed by atoms with Gasteiger partial charge in [0.25, 0.3) is 5.91 Å². The number of morpholine rings is 1. The van der Waals surface area contributed by atoms with Crippen LogP contribution in [-0.4, -0.2) is 53.2 Å². The highest BCUT2D eigenvalue weighted by Crippen LogP contribution is 2.23. The van der Waals surface area contributed by atoms with Crippen molar-refractivity contribution in [2.24, 2.45) is 0 Å². The van der Waals surface area contributed by atoms with Crippen molar-refractivity contribution >= 4 is 11.9 Å². The molecule has 0 radical (unpaired) electrons. The highest BCUT2D eigenvalue weighted by molar-refractivity contribution is 6.00. The van der Waals surface area contributed by atoms with E-state index in [1.54, 1.807) is 32.6 Å². The largest absolute Gasteiger partial charge is 0.459 e. The van der Waals surface area contributed by atoms with Crippen molar-refractivity contribution in [1.82, 2.24) is 9.88 Å². The molecule has 1 saturated heterocycles. The zero-order chi connectivity index (χ0) is 17.3. The molecule has 23 heavy (non-hydrogen) atoms. The second-order valence-corrected chi connectivity index (χ2v) is 6.53. The average molecular weight is 322 g/mol. The van der Waals surface area contributed by atoms with E-state index >= 15 is 0 Å². The van der Waals surface area contributed by atoms with Crippen molar-refractivity contribution in [3.05, 3.63) is 22.5 Å². The van der Waals surface area contributed by atoms with E-state index in [1.807, 2.05) is 13.8 Å². The highest BCUT2D eigenvalue weighted by Gasteiger charge is 2.32. The number of aromatic nitrogens is 1. The second kappa shape index (κ2) is 6.74. The van der Waals surface area contributed by atoms with Crippen molar-refractivity contribution in [3.8, 4) is 0 Å². The van der Waals surface area contributed by atoms with E-state index in [0.29, 0.717) is 35.7 Å². The summed E-state index contributed by atoms with van der Waals surface area (Å²) in [6.07, 6.45) is -0.188. The normalized spacial score (nSPS) is 21.6. The molecule has 2 rings (SSSR count). The molecule has 1 amide bonds. The third-order valence-corrected chi connectivity index (χ3v) is 4.07. The third-order valence-electron chi connectivity index (χ3n) is 4.07. The number of esters is 1. The topological polar surface area (TPSA) is 71.6 Å². The van der Waals surface area contributed by atoms with Crippen LogP contribution in [0.4, 0.5) is 0 Å². The lowest BCUT2D eigenvalue weighted by atomic mass is 10.1. The molecule has 1 aromatic rings. The fourth-order valence-corrected chi connectivity index (χ4v) is 2.87. The number of carbonyl (C=O) groups is 2. The van der Waals surface area contributed by atoms with Crippen LogP contribution >= 0.6 is 0 Å². The van der Waals surface area contributed by atoms with Gasteiger partial charge < -0.3 is 19.4 Å². The molecule has 0 bridgehead atoms. The molecule has 0 aromatic carbocycles. The molecular weight excluding hydrogens is 296 g/mol. The molecular formula is C17H26N2O4. The number of amides is 1. The highest BCUT2D eigenvalue weighted by atomic mass is 16.5. The van der Waals surface area contributed by atoms with Gasteiger partial charge in [0.05, 0.1) is 30.4 Å². The average Bonchev–Trinajstić information content (AvgIpc) is 2.75. The molecule has 2 atom stereocenters. The van der Waals surface area contributed by atoms with Crippen LogP contribution in [0.25, 0.3) is 0 Å². The van der Waals surface area contributed by atoms with Crippen LogP contribution in [0.15, 0.2) is 0 Å². The quantitative estimate of drug-likeness (QED) is 0.868. The summed E-state index contributed by atoms with van der Waals surface area (Å²) >= 11 is 0. The van der Waals surface area contributed by atoms with Gasteiger partial charge in [-0.2, -0.15) is 0 Å². The van der Waals surface area contributed by atoms with Gasteiger partial charge in [-0.05, 0) is 47.1 Å². The van der Waals surface area contributed by atoms with Crippen LogP contribution in [0.1, 0.15) is 59.8 Å². The predicted octanol–water partition coefficient (Wildman–Crippen LogP) is 2.45. The number of rotatable bonds is 3. The number of nitrogens with zero attached hydrogens (tertiary/aromatic N) is 1. The summed E-state index contributed by atoms with van der Waals surface area (Å²) < 4.78 is 10.8. The lowest BCUT2D eigenvalue weighted by Gasteiger charge is -2.36. The summed E-state index contributed by atoms with van der Waals surface area (Å²) in [5, 5.41) is 0. The van der Waals surface area contributed by atoms with Crippen molar-refractivity contribution in [3.63, 3.8) is 0 Å². The van der Waals surface area contributed by atoms with Gasteiger partial charge in [0.1, 0.15) is 5.69 Å². The van der Waals surface area contributed by atoms with Crippen molar-refractivity contribution in [2.75, 3.05) is 13.2 Å². The van der Waals surface area contributed by atoms with E-state index in [9.17, 15) is 9.59 Å². The summed E-state index contributed by atoms with van der Waals surface area (Å²) in [6, 6.07) is 0.00720. The monoisotopic (exact) mass is 322 g/mol. The van der Waals surface area contributed by atoms with Crippen LogP contribution in [0, 0.1) is 13.8 Å². The van der Waals surface area contributed by atoms with Crippen molar-refractivity contribution in [2.45, 2.75) is 59.8 Å². The van der Waals surface area contributed by atoms with Gasteiger partial charge in [-0.1, -0.05) is 0 Å². The number of hydrogen-bond donors (Lipinski definition) is 1. The van der Waals surface area contributed by atoms with Gasteiger partial charge in [-0.25, -0.2) is 4.79 Å². The smallest absolute Gasteiger partial charge is 0.340 e. The first-order chi connectivity index (χ1) is 10.7. The SMILES string of the molecule is Cc1[nH]c(C(=O)N2CC(C)OCC2C)c(C)c1C(=O)OC(C)C. The predicted molar refractivity (Wildman–Crippen MR) is 86.7 cm³/mol. The molecule has 0 spiro atoms. The Bertz CT molecular complexity index is 606. The number of nitrogens with one attached hydrogen (secondary N) is 1. The molecule has 128 valence electrons. The number of hydrogen-bond acceptors (Lipinski definition) is 4. The molecule has 1 aliphatic heterocycles. The first-order valence-corrected chi connectivity index (χ1v) is 8.05. The molecule has 6 nitrogen and oxygen atoms in total. The summed E-state index contributed by atoms with van der Waals surface area (Å²) in [5.74, 6) is -0.495. The summed E-state index contributed by atoms with van der Waals surface area (Å²) in [5.41, 5.74) is 2.21. The Morgan fingerprint density at radius 3 is 2.57 bits per heavy atom. The van der Waals surface area contributed by atoms with Crippen molar-refractivity contribution < 1.29 is 19.1 Å². The first-order valence-electron chi connectivity index (χ1n) is 8.05. The maximum Gasteiger partial charge on any atom is 0.340 e. The minimum atomic E-state index is -0.395. The molecule has 1 aliphatic rings. The molecule has 1 aromatic heterocycles. The second-order valence-electron chi connectivity index (χ2n) is 6.53. The van der Waals surface area contributed by atoms with Gasteiger partial charge in [-0.15, -0.1) is 0 Å². The Balaban J connectivity index is 2.30. The zero-order valence-electron chi connectivity index (χ0n) is 14.7. The van der Waals surface area contributed by atoms with Gasteiger partial charge in [0, 0.05) is 12.2 Å². The van der Waals surface area contributed by atoms with E-state index in [0.717, 1.165) is 0 Å². The number of ether oxygens (including phenoxy) is 2. The maximum absolute atomic E-state index is 12.9.